The van der Waals surface area contributed by atoms with Crippen molar-refractivity contribution in [2.45, 2.75) is 51.2 Å². The van der Waals surface area contributed by atoms with E-state index in [4.69, 9.17) is 5.11 Å². The van der Waals surface area contributed by atoms with Gasteiger partial charge in [-0.3, -0.25) is 0 Å². The number of sulfone groups is 1. The summed E-state index contributed by atoms with van der Waals surface area (Å²) < 4.78 is 24.1. The second-order valence-electron chi connectivity index (χ2n) is 5.39. The van der Waals surface area contributed by atoms with Crippen LogP contribution in [0.4, 0.5) is 0 Å². The van der Waals surface area contributed by atoms with E-state index < -0.39 is 15.3 Å². The molecule has 0 aromatic carbocycles. The highest BCUT2D eigenvalue weighted by Gasteiger charge is 2.32. The molecule has 0 aromatic rings. The predicted molar refractivity (Wildman–Crippen MR) is 61.5 cm³/mol. The van der Waals surface area contributed by atoms with E-state index in [1.807, 2.05) is 0 Å². The van der Waals surface area contributed by atoms with Crippen LogP contribution in [0.5, 0.6) is 0 Å². The smallest absolute Gasteiger partial charge is 0.153 e. The molecule has 15 heavy (non-hydrogen) atoms. The molecule has 0 aromatic heterocycles. The first kappa shape index (κ1) is 13.0. The third kappa shape index (κ3) is 3.76. The fourth-order valence-electron chi connectivity index (χ4n) is 2.13. The van der Waals surface area contributed by atoms with Crippen molar-refractivity contribution in [3.63, 3.8) is 0 Å². The van der Waals surface area contributed by atoms with Crippen molar-refractivity contribution in [2.24, 2.45) is 5.41 Å². The average Bonchev–Trinajstić information content (AvgIpc) is 2.18. The van der Waals surface area contributed by atoms with Gasteiger partial charge in [0.1, 0.15) is 0 Å². The zero-order chi connectivity index (χ0) is 11.5. The molecule has 0 bridgehead atoms. The number of aliphatic hydroxyl groups is 1. The summed E-state index contributed by atoms with van der Waals surface area (Å²) in [6.07, 6.45) is 4.84. The molecule has 1 aliphatic rings. The maximum atomic E-state index is 12.0. The normalized spacial score (nSPS) is 20.5. The summed E-state index contributed by atoms with van der Waals surface area (Å²) >= 11 is 0. The summed E-state index contributed by atoms with van der Waals surface area (Å²) in [4.78, 5) is 0. The van der Waals surface area contributed by atoms with Crippen LogP contribution in [-0.4, -0.2) is 31.1 Å². The Balaban J connectivity index is 2.65. The van der Waals surface area contributed by atoms with Crippen molar-refractivity contribution in [1.29, 1.82) is 0 Å². The number of hydrogen-bond donors (Lipinski definition) is 1. The zero-order valence-corrected chi connectivity index (χ0v) is 10.5. The maximum absolute atomic E-state index is 12.0. The largest absolute Gasteiger partial charge is 0.396 e. The minimum Gasteiger partial charge on any atom is -0.396 e. The van der Waals surface area contributed by atoms with Crippen LogP contribution >= 0.6 is 0 Å². The van der Waals surface area contributed by atoms with E-state index in [0.29, 0.717) is 0 Å². The van der Waals surface area contributed by atoms with Crippen LogP contribution in [-0.2, 0) is 9.84 Å². The molecule has 0 radical (unpaired) electrons. The lowest BCUT2D eigenvalue weighted by molar-refractivity contribution is 0.178. The highest BCUT2D eigenvalue weighted by molar-refractivity contribution is 7.92. The monoisotopic (exact) mass is 234 g/mol. The fourth-order valence-corrected chi connectivity index (χ4v) is 4.60. The van der Waals surface area contributed by atoms with Gasteiger partial charge >= 0.3 is 0 Å². The molecule has 0 spiro atoms. The lowest BCUT2D eigenvalue weighted by Crippen LogP contribution is -2.34. The molecule has 1 N–H and O–H groups in total. The quantitative estimate of drug-likeness (QED) is 0.806. The maximum Gasteiger partial charge on any atom is 0.153 e. The summed E-state index contributed by atoms with van der Waals surface area (Å²) in [7, 11) is -3.01. The molecule has 1 rings (SSSR count). The third-order valence-electron chi connectivity index (χ3n) is 3.08. The van der Waals surface area contributed by atoms with Crippen LogP contribution in [0.3, 0.4) is 0 Å². The topological polar surface area (TPSA) is 54.4 Å². The lowest BCUT2D eigenvalue weighted by Gasteiger charge is -2.27. The van der Waals surface area contributed by atoms with Crippen molar-refractivity contribution in [3.05, 3.63) is 0 Å². The summed E-state index contributed by atoms with van der Waals surface area (Å²) in [6, 6.07) is 0. The van der Waals surface area contributed by atoms with Crippen LogP contribution in [0.25, 0.3) is 0 Å². The van der Waals surface area contributed by atoms with Crippen molar-refractivity contribution in [1.82, 2.24) is 0 Å². The Morgan fingerprint density at radius 1 is 1.20 bits per heavy atom. The summed E-state index contributed by atoms with van der Waals surface area (Å²) in [5, 5.41) is 8.94. The Morgan fingerprint density at radius 2 is 1.73 bits per heavy atom. The second-order valence-corrected chi connectivity index (χ2v) is 7.67. The molecule has 0 aliphatic heterocycles. The van der Waals surface area contributed by atoms with Gasteiger partial charge < -0.3 is 5.11 Å². The van der Waals surface area contributed by atoms with E-state index in [2.05, 4.69) is 0 Å². The van der Waals surface area contributed by atoms with Gasteiger partial charge in [-0.05, 0) is 12.8 Å². The van der Waals surface area contributed by atoms with Gasteiger partial charge in [0.05, 0.1) is 11.0 Å². The Hall–Kier alpha value is -0.0900. The number of rotatable bonds is 4. The molecule has 1 aliphatic carbocycles. The van der Waals surface area contributed by atoms with E-state index >= 15 is 0 Å². The van der Waals surface area contributed by atoms with E-state index in [0.717, 1.165) is 32.1 Å². The third-order valence-corrected chi connectivity index (χ3v) is 5.75. The highest BCUT2D eigenvalue weighted by atomic mass is 32.2. The molecule has 0 unspecified atom stereocenters. The SMILES string of the molecule is CC(C)(CO)CS(=O)(=O)C1CCCCC1. The van der Waals surface area contributed by atoms with Crippen molar-refractivity contribution < 1.29 is 13.5 Å². The standard InChI is InChI=1S/C11H22O3S/c1-11(2,8-12)9-15(13,14)10-6-4-3-5-7-10/h10,12H,3-9H2,1-2H3. The first-order valence-corrected chi connectivity index (χ1v) is 7.41. The van der Waals surface area contributed by atoms with Gasteiger partial charge in [0.15, 0.2) is 9.84 Å². The van der Waals surface area contributed by atoms with E-state index in [1.54, 1.807) is 13.8 Å². The zero-order valence-electron chi connectivity index (χ0n) is 9.70. The number of aliphatic hydroxyl groups excluding tert-OH is 1. The van der Waals surface area contributed by atoms with Crippen LogP contribution in [0, 0.1) is 5.41 Å². The van der Waals surface area contributed by atoms with E-state index in [1.165, 1.54) is 0 Å². The molecule has 0 heterocycles. The Morgan fingerprint density at radius 3 is 2.20 bits per heavy atom. The lowest BCUT2D eigenvalue weighted by atomic mass is 9.98. The molecule has 90 valence electrons. The van der Waals surface area contributed by atoms with Crippen molar-refractivity contribution >= 4 is 9.84 Å². The van der Waals surface area contributed by atoms with Gasteiger partial charge in [0.2, 0.25) is 0 Å². The molecule has 4 heteroatoms. The van der Waals surface area contributed by atoms with Crippen molar-refractivity contribution in [3.8, 4) is 0 Å². The van der Waals surface area contributed by atoms with E-state index in [-0.39, 0.29) is 17.6 Å². The first-order valence-electron chi connectivity index (χ1n) is 5.70. The summed E-state index contributed by atoms with van der Waals surface area (Å²) in [5.74, 6) is 0.112. The van der Waals surface area contributed by atoms with Gasteiger partial charge in [-0.1, -0.05) is 33.1 Å². The second kappa shape index (κ2) is 4.83. The minimum atomic E-state index is -3.01. The van der Waals surface area contributed by atoms with Crippen LogP contribution < -0.4 is 0 Å². The van der Waals surface area contributed by atoms with Gasteiger partial charge in [-0.2, -0.15) is 0 Å². The highest BCUT2D eigenvalue weighted by Crippen LogP contribution is 2.28. The van der Waals surface area contributed by atoms with Crippen LogP contribution in [0.1, 0.15) is 46.0 Å². The Labute approximate surface area is 92.8 Å². The molecule has 0 amide bonds. The molecule has 3 nitrogen and oxygen atoms in total. The minimum absolute atomic E-state index is 0.0705. The summed E-state index contributed by atoms with van der Waals surface area (Å²) in [6.45, 7) is 3.53. The first-order chi connectivity index (χ1) is 6.87. The Kier molecular flexibility index (Phi) is 4.18. The number of hydrogen-bond acceptors (Lipinski definition) is 3. The van der Waals surface area contributed by atoms with Crippen molar-refractivity contribution in [2.75, 3.05) is 12.4 Å². The van der Waals surface area contributed by atoms with Gasteiger partial charge in [0, 0.05) is 12.0 Å². The van der Waals surface area contributed by atoms with Gasteiger partial charge in [0.25, 0.3) is 0 Å². The van der Waals surface area contributed by atoms with Crippen LogP contribution in [0.2, 0.25) is 0 Å². The van der Waals surface area contributed by atoms with Gasteiger partial charge in [-0.25, -0.2) is 8.42 Å². The summed E-state index contributed by atoms with van der Waals surface area (Å²) in [5.41, 5.74) is -0.504. The predicted octanol–water partition coefficient (Wildman–Crippen LogP) is 1.75. The Bertz CT molecular complexity index is 287. The average molecular weight is 234 g/mol. The molecular formula is C11H22O3S. The molecule has 1 saturated carbocycles. The van der Waals surface area contributed by atoms with Gasteiger partial charge in [-0.15, -0.1) is 0 Å². The molecule has 1 fully saturated rings. The molecule has 0 atom stereocenters. The van der Waals surface area contributed by atoms with Crippen LogP contribution in [0.15, 0.2) is 0 Å². The molecule has 0 saturated heterocycles. The fraction of sp³-hybridized carbons (Fsp3) is 1.00. The van der Waals surface area contributed by atoms with E-state index in [9.17, 15) is 8.42 Å². The molecular weight excluding hydrogens is 212 g/mol.